The quantitative estimate of drug-likeness (QED) is 0.234. The first-order chi connectivity index (χ1) is 18.8. The number of halogens is 1. The van der Waals surface area contributed by atoms with Gasteiger partial charge in [0.1, 0.15) is 12.4 Å². The number of hydrogen-bond donors (Lipinski definition) is 3. The molecule has 10 nitrogen and oxygen atoms in total. The van der Waals surface area contributed by atoms with E-state index in [2.05, 4.69) is 26.0 Å². The predicted molar refractivity (Wildman–Crippen MR) is 146 cm³/mol. The lowest BCUT2D eigenvalue weighted by atomic mass is 10.1. The number of anilines is 1. The minimum Gasteiger partial charge on any atom is -0.454 e. The Morgan fingerprint density at radius 2 is 1.90 bits per heavy atom. The Bertz CT molecular complexity index is 1390. The fourth-order valence-electron chi connectivity index (χ4n) is 3.76. The first-order valence-corrected chi connectivity index (χ1v) is 13.2. The summed E-state index contributed by atoms with van der Waals surface area (Å²) >= 11 is 5.63. The molecule has 1 aromatic carbocycles. The van der Waals surface area contributed by atoms with Crippen LogP contribution in [0.3, 0.4) is 0 Å². The summed E-state index contributed by atoms with van der Waals surface area (Å²) in [7, 11) is 0. The highest BCUT2D eigenvalue weighted by Gasteiger charge is 2.24. The number of pyridine rings is 1. The molecule has 3 amide bonds. The number of thiocarbonyl (C=S) groups is 1. The molecule has 3 N–H and O–H groups in total. The fraction of sp³-hybridized carbons (Fsp3) is 0.370. The second kappa shape index (κ2) is 11.8. The van der Waals surface area contributed by atoms with Crippen molar-refractivity contribution in [3.63, 3.8) is 0 Å². The molecule has 0 bridgehead atoms. The van der Waals surface area contributed by atoms with E-state index in [-0.39, 0.29) is 30.5 Å². The molecule has 0 unspecified atom stereocenters. The summed E-state index contributed by atoms with van der Waals surface area (Å²) in [5, 5.41) is 12.5. The van der Waals surface area contributed by atoms with Gasteiger partial charge in [0.05, 0.1) is 18.4 Å². The van der Waals surface area contributed by atoms with E-state index in [0.29, 0.717) is 35.0 Å². The van der Waals surface area contributed by atoms with E-state index in [1.165, 1.54) is 12.1 Å². The van der Waals surface area contributed by atoms with E-state index in [9.17, 15) is 14.0 Å². The third-order valence-corrected chi connectivity index (χ3v) is 6.70. The number of carbonyl (C=O) groups excluding carboxylic acids is 2. The van der Waals surface area contributed by atoms with E-state index in [1.807, 2.05) is 6.92 Å². The van der Waals surface area contributed by atoms with Gasteiger partial charge in [0.15, 0.2) is 11.6 Å². The van der Waals surface area contributed by atoms with Gasteiger partial charge in [-0.05, 0) is 50.8 Å². The topological polar surface area (TPSA) is 119 Å². The standard InChI is InChI=1S/C27H29FN6O4S/c1-16-22(13-25(39)17-14-30-34(15-17)10-11-37-27(36)33-19-4-5-19)29-9-8-23(16)38-24-7-6-20(12-21(24)28)32-26(35)31-18-2-3-18/h6-9,12,14-15,18-19H,2-5,10-11,13H2,1H3,(H,33,36)(H2,31,32,35). The van der Waals surface area contributed by atoms with E-state index in [4.69, 9.17) is 21.7 Å². The number of rotatable bonds is 11. The number of nitrogens with one attached hydrogen (secondary N) is 3. The van der Waals surface area contributed by atoms with Crippen LogP contribution in [0.5, 0.6) is 11.5 Å². The second-order valence-electron chi connectivity index (χ2n) is 9.65. The largest absolute Gasteiger partial charge is 0.454 e. The number of amides is 3. The maximum Gasteiger partial charge on any atom is 0.407 e. The lowest BCUT2D eigenvalue weighted by molar-refractivity contribution is 0.140. The maximum atomic E-state index is 14.7. The minimum atomic E-state index is -0.603. The van der Waals surface area contributed by atoms with Crippen molar-refractivity contribution in [3.8, 4) is 11.5 Å². The van der Waals surface area contributed by atoms with Gasteiger partial charge in [-0.25, -0.2) is 14.0 Å². The van der Waals surface area contributed by atoms with E-state index in [0.717, 1.165) is 36.8 Å². The number of benzene rings is 1. The van der Waals surface area contributed by atoms with Crippen LogP contribution in [0.2, 0.25) is 0 Å². The number of nitrogens with zero attached hydrogens (tertiary/aromatic N) is 3. The van der Waals surface area contributed by atoms with Gasteiger partial charge in [-0.15, -0.1) is 0 Å². The average Bonchev–Trinajstić information content (AvgIpc) is 3.83. The Hall–Kier alpha value is -4.06. The normalized spacial score (nSPS) is 14.4. The summed E-state index contributed by atoms with van der Waals surface area (Å²) in [6.45, 7) is 2.45. The van der Waals surface area contributed by atoms with Crippen molar-refractivity contribution >= 4 is 34.9 Å². The van der Waals surface area contributed by atoms with Crippen LogP contribution in [0.25, 0.3) is 0 Å². The molecule has 39 heavy (non-hydrogen) atoms. The van der Waals surface area contributed by atoms with Crippen LogP contribution >= 0.6 is 12.2 Å². The van der Waals surface area contributed by atoms with E-state index >= 15 is 0 Å². The van der Waals surface area contributed by atoms with Gasteiger partial charge in [-0.3, -0.25) is 9.67 Å². The Morgan fingerprint density at radius 1 is 1.13 bits per heavy atom. The Morgan fingerprint density at radius 3 is 2.64 bits per heavy atom. The Labute approximate surface area is 230 Å². The van der Waals surface area contributed by atoms with Crippen molar-refractivity contribution in [2.45, 2.75) is 57.7 Å². The molecule has 2 aliphatic rings. The molecular formula is C27H29FN6O4S. The van der Waals surface area contributed by atoms with Gasteiger partial charge in [0, 0.05) is 58.6 Å². The molecule has 2 heterocycles. The van der Waals surface area contributed by atoms with Crippen LogP contribution in [0.4, 0.5) is 19.7 Å². The predicted octanol–water partition coefficient (Wildman–Crippen LogP) is 4.65. The lowest BCUT2D eigenvalue weighted by Gasteiger charge is -2.13. The van der Waals surface area contributed by atoms with Crippen LogP contribution in [0.1, 0.15) is 42.5 Å². The zero-order chi connectivity index (χ0) is 27.4. The van der Waals surface area contributed by atoms with Crippen molar-refractivity contribution in [1.29, 1.82) is 0 Å². The number of ether oxygens (including phenoxy) is 2. The van der Waals surface area contributed by atoms with Gasteiger partial charge < -0.3 is 25.4 Å². The van der Waals surface area contributed by atoms with Crippen molar-refractivity contribution in [1.82, 2.24) is 25.4 Å². The Kier molecular flexibility index (Phi) is 8.01. The highest BCUT2D eigenvalue weighted by molar-refractivity contribution is 7.80. The Balaban J connectivity index is 1.16. The lowest BCUT2D eigenvalue weighted by Crippen LogP contribution is -2.30. The van der Waals surface area contributed by atoms with Crippen LogP contribution in [0, 0.1) is 12.7 Å². The van der Waals surface area contributed by atoms with Crippen LogP contribution in [-0.4, -0.2) is 50.4 Å². The van der Waals surface area contributed by atoms with Gasteiger partial charge in [-0.1, -0.05) is 12.2 Å². The molecule has 2 aromatic heterocycles. The summed E-state index contributed by atoms with van der Waals surface area (Å²) in [6.07, 6.45) is 8.95. The van der Waals surface area contributed by atoms with Gasteiger partial charge >= 0.3 is 12.1 Å². The van der Waals surface area contributed by atoms with Crippen molar-refractivity contribution in [3.05, 3.63) is 65.5 Å². The summed E-state index contributed by atoms with van der Waals surface area (Å²) in [4.78, 5) is 28.6. The zero-order valence-corrected chi connectivity index (χ0v) is 22.2. The number of carbonyl (C=O) groups is 2. The summed E-state index contributed by atoms with van der Waals surface area (Å²) in [6, 6.07) is 6.03. The number of aromatic nitrogens is 3. The first kappa shape index (κ1) is 26.5. The third kappa shape index (κ3) is 7.50. The molecular weight excluding hydrogens is 523 g/mol. The van der Waals surface area contributed by atoms with Crippen LogP contribution < -0.4 is 20.7 Å². The monoisotopic (exact) mass is 552 g/mol. The van der Waals surface area contributed by atoms with Gasteiger partial charge in [0.25, 0.3) is 0 Å². The fourth-order valence-corrected chi connectivity index (χ4v) is 4.00. The molecule has 0 spiro atoms. The molecule has 3 aromatic rings. The average molecular weight is 553 g/mol. The van der Waals surface area contributed by atoms with Crippen LogP contribution in [-0.2, 0) is 17.7 Å². The molecule has 0 atom stereocenters. The third-order valence-electron chi connectivity index (χ3n) is 6.32. The van der Waals surface area contributed by atoms with Gasteiger partial charge in [0.2, 0.25) is 0 Å². The number of urea groups is 1. The number of alkyl carbamates (subject to hydrolysis) is 1. The molecule has 204 valence electrons. The molecule has 2 saturated carbocycles. The smallest absolute Gasteiger partial charge is 0.407 e. The maximum absolute atomic E-state index is 14.7. The first-order valence-electron chi connectivity index (χ1n) is 12.8. The van der Waals surface area contributed by atoms with E-state index in [1.54, 1.807) is 35.4 Å². The summed E-state index contributed by atoms with van der Waals surface area (Å²) < 4.78 is 27.4. The highest BCUT2D eigenvalue weighted by atomic mass is 32.1. The summed E-state index contributed by atoms with van der Waals surface area (Å²) in [5.41, 5.74) is 2.53. The van der Waals surface area contributed by atoms with E-state index < -0.39 is 11.9 Å². The van der Waals surface area contributed by atoms with Crippen molar-refractivity contribution < 1.29 is 23.5 Å². The molecule has 2 aliphatic carbocycles. The number of hydrogen-bond acceptors (Lipinski definition) is 7. The minimum absolute atomic E-state index is 0.0280. The molecule has 5 rings (SSSR count). The van der Waals surface area contributed by atoms with Crippen LogP contribution in [0.15, 0.2) is 42.9 Å². The molecule has 2 fully saturated rings. The molecule has 0 radical (unpaired) electrons. The highest BCUT2D eigenvalue weighted by Crippen LogP contribution is 2.30. The molecule has 0 aliphatic heterocycles. The molecule has 0 saturated heterocycles. The van der Waals surface area contributed by atoms with Gasteiger partial charge in [-0.2, -0.15) is 5.10 Å². The van der Waals surface area contributed by atoms with Crippen molar-refractivity contribution in [2.24, 2.45) is 0 Å². The zero-order valence-electron chi connectivity index (χ0n) is 21.4. The van der Waals surface area contributed by atoms with Crippen molar-refractivity contribution in [2.75, 3.05) is 11.9 Å². The molecule has 12 heteroatoms. The SMILES string of the molecule is Cc1c(Oc2ccc(NC(=O)NC3CC3)cc2F)ccnc1CC(=S)c1cnn(CCOC(=O)NC2CC2)c1. The summed E-state index contributed by atoms with van der Waals surface area (Å²) in [5.74, 6) is -0.125. The second-order valence-corrected chi connectivity index (χ2v) is 10.1.